The first-order valence-electron chi connectivity index (χ1n) is 8.44. The molecule has 0 aromatic heterocycles. The van der Waals surface area contributed by atoms with Gasteiger partial charge >= 0.3 is 0 Å². The quantitative estimate of drug-likeness (QED) is 0.898. The molecule has 23 heavy (non-hydrogen) atoms. The van der Waals surface area contributed by atoms with E-state index in [-0.39, 0.29) is 11.4 Å². The lowest BCUT2D eigenvalue weighted by Gasteiger charge is -2.49. The average Bonchev–Trinajstić information content (AvgIpc) is 2.66. The molecule has 2 heterocycles. The largest absolute Gasteiger partial charge is 0.508 e. The van der Waals surface area contributed by atoms with Crippen molar-refractivity contribution in [2.75, 3.05) is 40.3 Å². The van der Waals surface area contributed by atoms with Gasteiger partial charge in [0.15, 0.2) is 0 Å². The van der Waals surface area contributed by atoms with E-state index in [1.165, 1.54) is 0 Å². The molecule has 0 radical (unpaired) electrons. The molecule has 2 saturated heterocycles. The SMILES string of the molecule is CN1CC[C@]2(CCC1=O)CN(Cc1cccc(O)c1)CCN2C. The van der Waals surface area contributed by atoms with E-state index >= 15 is 0 Å². The molecule has 1 amide bonds. The Hall–Kier alpha value is -1.59. The minimum absolute atomic E-state index is 0.0928. The Morgan fingerprint density at radius 2 is 2.00 bits per heavy atom. The number of likely N-dealkylation sites (tertiary alicyclic amines) is 1. The number of hydrogen-bond donors (Lipinski definition) is 1. The highest BCUT2D eigenvalue weighted by Crippen LogP contribution is 2.32. The summed E-state index contributed by atoms with van der Waals surface area (Å²) in [7, 11) is 4.11. The van der Waals surface area contributed by atoms with Gasteiger partial charge in [0.1, 0.15) is 5.75 Å². The fourth-order valence-electron chi connectivity index (χ4n) is 3.89. The Kier molecular flexibility index (Phi) is 4.60. The highest BCUT2D eigenvalue weighted by molar-refractivity contribution is 5.76. The number of aromatic hydroxyl groups is 1. The summed E-state index contributed by atoms with van der Waals surface area (Å²) < 4.78 is 0. The highest BCUT2D eigenvalue weighted by Gasteiger charge is 2.41. The van der Waals surface area contributed by atoms with Crippen molar-refractivity contribution in [2.24, 2.45) is 0 Å². The van der Waals surface area contributed by atoms with Crippen LogP contribution in [0.25, 0.3) is 0 Å². The second-order valence-electron chi connectivity index (χ2n) is 7.09. The summed E-state index contributed by atoms with van der Waals surface area (Å²) in [4.78, 5) is 18.8. The van der Waals surface area contributed by atoms with Crippen molar-refractivity contribution in [3.8, 4) is 5.75 Å². The van der Waals surface area contributed by atoms with E-state index in [9.17, 15) is 9.90 Å². The normalized spacial score (nSPS) is 27.4. The predicted octanol–water partition coefficient (Wildman–Crippen LogP) is 1.52. The number of rotatable bonds is 2. The number of phenolic OH excluding ortho intramolecular Hbond substituents is 1. The number of benzene rings is 1. The smallest absolute Gasteiger partial charge is 0.222 e. The van der Waals surface area contributed by atoms with Gasteiger partial charge in [-0.3, -0.25) is 14.6 Å². The Morgan fingerprint density at radius 1 is 1.17 bits per heavy atom. The second-order valence-corrected chi connectivity index (χ2v) is 7.09. The maximum atomic E-state index is 12.0. The molecule has 2 aliphatic heterocycles. The van der Waals surface area contributed by atoms with Gasteiger partial charge in [-0.25, -0.2) is 0 Å². The van der Waals surface area contributed by atoms with Crippen molar-refractivity contribution >= 4 is 5.91 Å². The lowest BCUT2D eigenvalue weighted by atomic mass is 9.86. The molecular formula is C18H27N3O2. The maximum Gasteiger partial charge on any atom is 0.222 e. The summed E-state index contributed by atoms with van der Waals surface area (Å²) in [6.45, 7) is 4.73. The molecule has 5 heteroatoms. The van der Waals surface area contributed by atoms with E-state index in [0.717, 1.165) is 51.1 Å². The molecule has 1 atom stereocenters. The Bertz CT molecular complexity index is 577. The molecule has 5 nitrogen and oxygen atoms in total. The van der Waals surface area contributed by atoms with Gasteiger partial charge in [0.05, 0.1) is 0 Å². The predicted molar refractivity (Wildman–Crippen MR) is 90.2 cm³/mol. The molecule has 2 aliphatic rings. The number of phenols is 1. The Labute approximate surface area is 138 Å². The molecule has 3 rings (SSSR count). The molecule has 0 saturated carbocycles. The summed E-state index contributed by atoms with van der Waals surface area (Å²) in [5.41, 5.74) is 1.24. The molecule has 0 unspecified atom stereocenters. The van der Waals surface area contributed by atoms with Crippen LogP contribution in [0.5, 0.6) is 5.75 Å². The number of carbonyl (C=O) groups excluding carboxylic acids is 1. The summed E-state index contributed by atoms with van der Waals surface area (Å²) in [5.74, 6) is 0.591. The van der Waals surface area contributed by atoms with Crippen LogP contribution in [0.1, 0.15) is 24.8 Å². The van der Waals surface area contributed by atoms with E-state index in [1.54, 1.807) is 6.07 Å². The van der Waals surface area contributed by atoms with Crippen molar-refractivity contribution in [2.45, 2.75) is 31.3 Å². The lowest BCUT2D eigenvalue weighted by Crippen LogP contribution is -2.60. The average molecular weight is 317 g/mol. The van der Waals surface area contributed by atoms with Crippen LogP contribution in [0.15, 0.2) is 24.3 Å². The molecule has 126 valence electrons. The van der Waals surface area contributed by atoms with Gasteiger partial charge in [-0.15, -0.1) is 0 Å². The van der Waals surface area contributed by atoms with Crippen molar-refractivity contribution in [1.82, 2.24) is 14.7 Å². The van der Waals surface area contributed by atoms with Gasteiger partial charge in [0.2, 0.25) is 5.91 Å². The number of piperazine rings is 1. The minimum atomic E-state index is 0.0928. The number of nitrogens with zero attached hydrogens (tertiary/aromatic N) is 3. The van der Waals surface area contributed by atoms with E-state index < -0.39 is 0 Å². The maximum absolute atomic E-state index is 12.0. The van der Waals surface area contributed by atoms with Crippen LogP contribution in [0.2, 0.25) is 0 Å². The Balaban J connectivity index is 1.72. The molecule has 1 N–H and O–H groups in total. The van der Waals surface area contributed by atoms with Crippen LogP contribution in [0, 0.1) is 0 Å². The number of likely N-dealkylation sites (N-methyl/N-ethyl adjacent to an activating group) is 1. The third-order valence-electron chi connectivity index (χ3n) is 5.54. The van der Waals surface area contributed by atoms with Crippen LogP contribution in [0.4, 0.5) is 0 Å². The van der Waals surface area contributed by atoms with Gasteiger partial charge in [0, 0.05) is 51.7 Å². The minimum Gasteiger partial charge on any atom is -0.508 e. The number of carbonyl (C=O) groups is 1. The molecule has 1 aromatic rings. The lowest BCUT2D eigenvalue weighted by molar-refractivity contribution is -0.129. The number of hydrogen-bond acceptors (Lipinski definition) is 4. The van der Waals surface area contributed by atoms with E-state index in [1.807, 2.05) is 24.1 Å². The van der Waals surface area contributed by atoms with Crippen LogP contribution >= 0.6 is 0 Å². The first kappa shape index (κ1) is 16.3. The zero-order chi connectivity index (χ0) is 16.4. The molecular weight excluding hydrogens is 290 g/mol. The summed E-state index contributed by atoms with van der Waals surface area (Å²) in [6.07, 6.45) is 2.60. The van der Waals surface area contributed by atoms with Crippen LogP contribution in [-0.4, -0.2) is 71.5 Å². The van der Waals surface area contributed by atoms with Gasteiger partial charge in [-0.1, -0.05) is 12.1 Å². The summed E-state index contributed by atoms with van der Waals surface area (Å²) in [6, 6.07) is 7.52. The van der Waals surface area contributed by atoms with E-state index in [0.29, 0.717) is 12.2 Å². The third kappa shape index (κ3) is 3.51. The van der Waals surface area contributed by atoms with Crippen LogP contribution in [-0.2, 0) is 11.3 Å². The van der Waals surface area contributed by atoms with Crippen molar-refractivity contribution < 1.29 is 9.90 Å². The molecule has 1 spiro atoms. The first-order valence-corrected chi connectivity index (χ1v) is 8.44. The van der Waals surface area contributed by atoms with E-state index in [2.05, 4.69) is 22.9 Å². The fourth-order valence-corrected chi connectivity index (χ4v) is 3.89. The molecule has 2 fully saturated rings. The van der Waals surface area contributed by atoms with Crippen molar-refractivity contribution in [1.29, 1.82) is 0 Å². The topological polar surface area (TPSA) is 47.0 Å². The van der Waals surface area contributed by atoms with Gasteiger partial charge in [-0.2, -0.15) is 0 Å². The van der Waals surface area contributed by atoms with Gasteiger partial charge in [-0.05, 0) is 37.6 Å². The first-order chi connectivity index (χ1) is 11.0. The second kappa shape index (κ2) is 6.49. The van der Waals surface area contributed by atoms with Crippen molar-refractivity contribution in [3.05, 3.63) is 29.8 Å². The summed E-state index contributed by atoms with van der Waals surface area (Å²) in [5, 5.41) is 9.65. The number of amides is 1. The monoisotopic (exact) mass is 317 g/mol. The van der Waals surface area contributed by atoms with Crippen molar-refractivity contribution in [3.63, 3.8) is 0 Å². The zero-order valence-corrected chi connectivity index (χ0v) is 14.2. The van der Waals surface area contributed by atoms with Crippen LogP contribution in [0.3, 0.4) is 0 Å². The summed E-state index contributed by atoms with van der Waals surface area (Å²) >= 11 is 0. The fraction of sp³-hybridized carbons (Fsp3) is 0.611. The standard InChI is InChI=1S/C18H27N3O2/c1-19-9-8-18(7-6-17(19)23)14-21(11-10-20(18)2)13-15-4-3-5-16(22)12-15/h3-5,12,22H,6-11,13-14H2,1-2H3/t18-/m1/s1. The molecule has 0 aliphatic carbocycles. The molecule has 1 aromatic carbocycles. The van der Waals surface area contributed by atoms with Gasteiger partial charge in [0.25, 0.3) is 0 Å². The molecule has 0 bridgehead atoms. The highest BCUT2D eigenvalue weighted by atomic mass is 16.3. The third-order valence-corrected chi connectivity index (χ3v) is 5.54. The zero-order valence-electron chi connectivity index (χ0n) is 14.2. The van der Waals surface area contributed by atoms with Crippen LogP contribution < -0.4 is 0 Å². The Morgan fingerprint density at radius 3 is 2.78 bits per heavy atom. The van der Waals surface area contributed by atoms with E-state index in [4.69, 9.17) is 0 Å². The van der Waals surface area contributed by atoms with Gasteiger partial charge < -0.3 is 10.0 Å².